The summed E-state index contributed by atoms with van der Waals surface area (Å²) in [6, 6.07) is 8.98. The first-order valence-electron chi connectivity index (χ1n) is 6.18. The van der Waals surface area contributed by atoms with Crippen molar-refractivity contribution in [2.24, 2.45) is 11.8 Å². The molecule has 0 saturated heterocycles. The lowest BCUT2D eigenvalue weighted by Crippen LogP contribution is -2.39. The van der Waals surface area contributed by atoms with Gasteiger partial charge in [0, 0.05) is 11.6 Å². The number of anilines is 1. The molecule has 1 atom stereocenters. The van der Waals surface area contributed by atoms with Crippen LogP contribution in [0.25, 0.3) is 0 Å². The summed E-state index contributed by atoms with van der Waals surface area (Å²) in [5, 5.41) is 8.94. The molecule has 1 aromatic rings. The number of carboxylic acids is 1. The Morgan fingerprint density at radius 2 is 1.94 bits per heavy atom. The predicted molar refractivity (Wildman–Crippen MR) is 68.3 cm³/mol. The van der Waals surface area contributed by atoms with Crippen molar-refractivity contribution in [1.82, 2.24) is 0 Å². The lowest BCUT2D eigenvalue weighted by molar-refractivity contribution is -0.137. The van der Waals surface area contributed by atoms with Crippen molar-refractivity contribution in [3.63, 3.8) is 0 Å². The number of carboxylic acid groups (broad SMARTS) is 1. The van der Waals surface area contributed by atoms with Crippen molar-refractivity contribution in [3.05, 3.63) is 30.3 Å². The zero-order valence-electron chi connectivity index (χ0n) is 10.4. The van der Waals surface area contributed by atoms with Crippen LogP contribution < -0.4 is 4.90 Å². The lowest BCUT2D eigenvalue weighted by atomic mass is 10.0. The highest BCUT2D eigenvalue weighted by Gasteiger charge is 2.35. The number of aliphatic carboxylic acids is 1. The van der Waals surface area contributed by atoms with Gasteiger partial charge in [0.25, 0.3) is 0 Å². The van der Waals surface area contributed by atoms with Gasteiger partial charge in [-0.25, -0.2) is 0 Å². The number of carbonyl (C=O) groups is 2. The highest BCUT2D eigenvalue weighted by Crippen LogP contribution is 2.37. The van der Waals surface area contributed by atoms with E-state index in [4.69, 9.17) is 5.11 Å². The zero-order chi connectivity index (χ0) is 13.1. The Labute approximate surface area is 106 Å². The Bertz CT molecular complexity index is 440. The van der Waals surface area contributed by atoms with E-state index in [1.165, 1.54) is 4.90 Å². The Morgan fingerprint density at radius 3 is 2.44 bits per heavy atom. The van der Waals surface area contributed by atoms with E-state index < -0.39 is 5.97 Å². The van der Waals surface area contributed by atoms with E-state index >= 15 is 0 Å². The monoisotopic (exact) mass is 247 g/mol. The number of hydrogen-bond donors (Lipinski definition) is 1. The number of amides is 1. The van der Waals surface area contributed by atoms with Crippen LogP contribution in [-0.2, 0) is 9.59 Å². The van der Waals surface area contributed by atoms with E-state index in [9.17, 15) is 9.59 Å². The average Bonchev–Trinajstić information content (AvgIpc) is 3.19. The summed E-state index contributed by atoms with van der Waals surface area (Å²) >= 11 is 0. The van der Waals surface area contributed by atoms with Crippen molar-refractivity contribution < 1.29 is 14.7 Å². The molecule has 0 heterocycles. The molecule has 0 bridgehead atoms. The number of hydrogen-bond acceptors (Lipinski definition) is 2. The van der Waals surface area contributed by atoms with Gasteiger partial charge in [0.2, 0.25) is 5.91 Å². The van der Waals surface area contributed by atoms with Crippen molar-refractivity contribution in [2.75, 3.05) is 11.4 Å². The van der Waals surface area contributed by atoms with Gasteiger partial charge in [0.05, 0.1) is 0 Å². The summed E-state index contributed by atoms with van der Waals surface area (Å²) in [6.45, 7) is 1.61. The van der Waals surface area contributed by atoms with Gasteiger partial charge in [-0.05, 0) is 30.9 Å². The molecule has 0 aliphatic heterocycles. The molecule has 18 heavy (non-hydrogen) atoms. The summed E-state index contributed by atoms with van der Waals surface area (Å²) in [4.78, 5) is 24.6. The molecule has 1 saturated carbocycles. The first kappa shape index (κ1) is 12.6. The van der Waals surface area contributed by atoms with Crippen LogP contribution in [0, 0.1) is 11.8 Å². The van der Waals surface area contributed by atoms with Crippen LogP contribution in [0.15, 0.2) is 30.3 Å². The van der Waals surface area contributed by atoms with Crippen molar-refractivity contribution in [1.29, 1.82) is 0 Å². The largest absolute Gasteiger partial charge is 0.480 e. The van der Waals surface area contributed by atoms with Crippen LogP contribution >= 0.6 is 0 Å². The van der Waals surface area contributed by atoms with Gasteiger partial charge >= 0.3 is 5.97 Å². The lowest BCUT2D eigenvalue weighted by Gasteiger charge is -2.24. The number of nitrogens with zero attached hydrogens (tertiary/aromatic N) is 1. The molecule has 1 amide bonds. The minimum Gasteiger partial charge on any atom is -0.480 e. The molecule has 1 aliphatic rings. The van der Waals surface area contributed by atoms with Crippen molar-refractivity contribution in [2.45, 2.75) is 19.8 Å². The standard InChI is InChI=1S/C14H17NO3/c1-10(11-7-8-11)14(18)15(9-13(16)17)12-5-3-2-4-6-12/h2-6,10-11H,7-9H2,1H3,(H,16,17). The number of carbonyl (C=O) groups excluding carboxylic acids is 1. The first-order valence-corrected chi connectivity index (χ1v) is 6.18. The second-order valence-corrected chi connectivity index (χ2v) is 4.78. The molecule has 1 aliphatic carbocycles. The molecular formula is C14H17NO3. The van der Waals surface area contributed by atoms with Gasteiger partial charge in [-0.15, -0.1) is 0 Å². The van der Waals surface area contributed by atoms with Gasteiger partial charge in [-0.2, -0.15) is 0 Å². The molecule has 0 radical (unpaired) electrons. The molecule has 4 nitrogen and oxygen atoms in total. The Hall–Kier alpha value is -1.84. The maximum absolute atomic E-state index is 12.3. The maximum atomic E-state index is 12.3. The quantitative estimate of drug-likeness (QED) is 0.867. The second kappa shape index (κ2) is 5.21. The van der Waals surface area contributed by atoms with Crippen molar-refractivity contribution in [3.8, 4) is 0 Å². The smallest absolute Gasteiger partial charge is 0.323 e. The average molecular weight is 247 g/mol. The summed E-state index contributed by atoms with van der Waals surface area (Å²) < 4.78 is 0. The molecule has 0 aromatic heterocycles. The molecule has 1 unspecified atom stereocenters. The molecule has 0 spiro atoms. The Morgan fingerprint density at radius 1 is 1.33 bits per heavy atom. The van der Waals surface area contributed by atoms with Gasteiger partial charge < -0.3 is 10.0 Å². The third-order valence-corrected chi connectivity index (χ3v) is 3.35. The van der Waals surface area contributed by atoms with Gasteiger partial charge in [-0.1, -0.05) is 25.1 Å². The third-order valence-electron chi connectivity index (χ3n) is 3.35. The summed E-state index contributed by atoms with van der Waals surface area (Å²) in [5.74, 6) is -0.747. The summed E-state index contributed by atoms with van der Waals surface area (Å²) in [5.41, 5.74) is 0.650. The summed E-state index contributed by atoms with van der Waals surface area (Å²) in [7, 11) is 0. The van der Waals surface area contributed by atoms with Gasteiger partial charge in [-0.3, -0.25) is 9.59 Å². The third kappa shape index (κ3) is 2.88. The molecule has 2 rings (SSSR count). The fraction of sp³-hybridized carbons (Fsp3) is 0.429. The van der Waals surface area contributed by atoms with E-state index in [1.807, 2.05) is 13.0 Å². The first-order chi connectivity index (χ1) is 8.59. The minimum absolute atomic E-state index is 0.0916. The highest BCUT2D eigenvalue weighted by molar-refractivity contribution is 5.98. The fourth-order valence-corrected chi connectivity index (χ4v) is 2.08. The summed E-state index contributed by atoms with van der Waals surface area (Å²) in [6.07, 6.45) is 2.14. The van der Waals surface area contributed by atoms with Crippen LogP contribution in [0.2, 0.25) is 0 Å². The number of para-hydroxylation sites is 1. The fourth-order valence-electron chi connectivity index (χ4n) is 2.08. The van der Waals surface area contributed by atoms with Crippen LogP contribution in [0.3, 0.4) is 0 Å². The van der Waals surface area contributed by atoms with E-state index in [0.29, 0.717) is 11.6 Å². The van der Waals surface area contributed by atoms with Crippen LogP contribution in [-0.4, -0.2) is 23.5 Å². The number of rotatable bonds is 5. The number of benzene rings is 1. The van der Waals surface area contributed by atoms with Gasteiger partial charge in [0.1, 0.15) is 6.54 Å². The van der Waals surface area contributed by atoms with E-state index in [2.05, 4.69) is 0 Å². The molecule has 4 heteroatoms. The van der Waals surface area contributed by atoms with Crippen LogP contribution in [0.5, 0.6) is 0 Å². The minimum atomic E-state index is -0.991. The van der Waals surface area contributed by atoms with E-state index in [0.717, 1.165) is 12.8 Å². The van der Waals surface area contributed by atoms with E-state index in [-0.39, 0.29) is 18.4 Å². The molecule has 1 fully saturated rings. The normalized spacial score (nSPS) is 16.1. The molecule has 96 valence electrons. The van der Waals surface area contributed by atoms with Gasteiger partial charge in [0.15, 0.2) is 0 Å². The topological polar surface area (TPSA) is 57.6 Å². The van der Waals surface area contributed by atoms with E-state index in [1.54, 1.807) is 24.3 Å². The molecule has 1 N–H and O–H groups in total. The predicted octanol–water partition coefficient (Wildman–Crippen LogP) is 2.15. The highest BCUT2D eigenvalue weighted by atomic mass is 16.4. The SMILES string of the molecule is CC(C(=O)N(CC(=O)O)c1ccccc1)C1CC1. The van der Waals surface area contributed by atoms with Crippen molar-refractivity contribution >= 4 is 17.6 Å². The zero-order valence-corrected chi connectivity index (χ0v) is 10.4. The molecular weight excluding hydrogens is 230 g/mol. The Balaban J connectivity index is 2.19. The van der Waals surface area contributed by atoms with Crippen LogP contribution in [0.1, 0.15) is 19.8 Å². The maximum Gasteiger partial charge on any atom is 0.323 e. The Kier molecular flexibility index (Phi) is 3.65. The van der Waals surface area contributed by atoms with Crippen LogP contribution in [0.4, 0.5) is 5.69 Å². The second-order valence-electron chi connectivity index (χ2n) is 4.78. The molecule has 1 aromatic carbocycles.